The Morgan fingerprint density at radius 2 is 1.74 bits per heavy atom. The van der Waals surface area contributed by atoms with Crippen molar-refractivity contribution in [3.05, 3.63) is 90.8 Å². The molecule has 6 rings (SSSR count). The van der Waals surface area contributed by atoms with E-state index in [-0.39, 0.29) is 23.3 Å². The maximum Gasteiger partial charge on any atom is 0.276 e. The summed E-state index contributed by atoms with van der Waals surface area (Å²) < 4.78 is 18.7. The molecule has 5 aromatic rings. The van der Waals surface area contributed by atoms with Gasteiger partial charge in [0.05, 0.1) is 29.3 Å². The molecular formula is C28H21FN6O3. The molecule has 10 heteroatoms. The third kappa shape index (κ3) is 5.05. The normalized spacial score (nSPS) is 12.8. The van der Waals surface area contributed by atoms with Crippen LogP contribution in [0.3, 0.4) is 0 Å². The highest BCUT2D eigenvalue weighted by Crippen LogP contribution is 2.31. The van der Waals surface area contributed by atoms with Crippen LogP contribution in [0.2, 0.25) is 0 Å². The third-order valence-corrected chi connectivity index (χ3v) is 6.10. The van der Waals surface area contributed by atoms with Gasteiger partial charge in [0, 0.05) is 29.1 Å². The lowest BCUT2D eigenvalue weighted by molar-refractivity contribution is -0.117. The number of rotatable bonds is 7. The summed E-state index contributed by atoms with van der Waals surface area (Å²) in [5, 5.41) is 13.4. The van der Waals surface area contributed by atoms with E-state index in [1.165, 1.54) is 30.5 Å². The Labute approximate surface area is 216 Å². The number of carbonyl (C=O) groups is 2. The molecule has 3 heterocycles. The van der Waals surface area contributed by atoms with Gasteiger partial charge < -0.3 is 15.4 Å². The molecule has 1 saturated carbocycles. The lowest BCUT2D eigenvalue weighted by Crippen LogP contribution is -2.13. The van der Waals surface area contributed by atoms with Crippen molar-refractivity contribution in [2.75, 3.05) is 10.6 Å². The van der Waals surface area contributed by atoms with Crippen LogP contribution in [0.25, 0.3) is 22.0 Å². The number of hydrogen-bond acceptors (Lipinski definition) is 6. The molecule has 0 radical (unpaired) electrons. The predicted molar refractivity (Wildman–Crippen MR) is 139 cm³/mol. The Morgan fingerprint density at radius 3 is 2.50 bits per heavy atom. The zero-order chi connectivity index (χ0) is 26.1. The second-order valence-electron chi connectivity index (χ2n) is 8.95. The minimum Gasteiger partial charge on any atom is -0.439 e. The van der Waals surface area contributed by atoms with E-state index >= 15 is 0 Å². The highest BCUT2D eigenvalue weighted by atomic mass is 19.1. The van der Waals surface area contributed by atoms with Crippen molar-refractivity contribution >= 4 is 34.1 Å². The molecule has 0 atom stereocenters. The summed E-state index contributed by atoms with van der Waals surface area (Å²) in [6.07, 6.45) is 6.62. The van der Waals surface area contributed by atoms with Gasteiger partial charge in [-0.25, -0.2) is 9.37 Å². The number of amides is 2. The van der Waals surface area contributed by atoms with Crippen LogP contribution < -0.4 is 15.4 Å². The van der Waals surface area contributed by atoms with Crippen molar-refractivity contribution in [3.8, 4) is 22.8 Å². The molecule has 0 unspecified atom stereocenters. The largest absolute Gasteiger partial charge is 0.439 e. The van der Waals surface area contributed by atoms with Gasteiger partial charge in [-0.2, -0.15) is 5.10 Å². The molecule has 1 aliphatic carbocycles. The molecule has 2 amide bonds. The van der Waals surface area contributed by atoms with Gasteiger partial charge in [-0.05, 0) is 66.9 Å². The summed E-state index contributed by atoms with van der Waals surface area (Å²) in [5.41, 5.74) is 3.63. The summed E-state index contributed by atoms with van der Waals surface area (Å²) in [6.45, 7) is 0. The van der Waals surface area contributed by atoms with Crippen LogP contribution in [0, 0.1) is 11.7 Å². The molecule has 38 heavy (non-hydrogen) atoms. The average Bonchev–Trinajstić information content (AvgIpc) is 3.70. The van der Waals surface area contributed by atoms with Crippen LogP contribution >= 0.6 is 0 Å². The van der Waals surface area contributed by atoms with Crippen LogP contribution in [0.4, 0.5) is 15.8 Å². The summed E-state index contributed by atoms with van der Waals surface area (Å²) in [6, 6.07) is 16.3. The molecule has 2 aromatic carbocycles. The number of nitrogens with zero attached hydrogens (tertiary/aromatic N) is 3. The highest BCUT2D eigenvalue weighted by Gasteiger charge is 2.29. The SMILES string of the molecule is O=C(Nc1ccc(Oc2ccc(F)cc2)nc1)c1n[nH]c2ccc(-c3cncc(NC(=O)C4CC4)c3)cc12. The molecule has 1 fully saturated rings. The molecule has 1 aliphatic rings. The van der Waals surface area contributed by atoms with Gasteiger partial charge in [0.25, 0.3) is 5.91 Å². The summed E-state index contributed by atoms with van der Waals surface area (Å²) in [7, 11) is 0. The topological polar surface area (TPSA) is 122 Å². The first-order valence-corrected chi connectivity index (χ1v) is 12.0. The fourth-order valence-corrected chi connectivity index (χ4v) is 3.95. The zero-order valence-electron chi connectivity index (χ0n) is 19.9. The Hall–Kier alpha value is -5.12. The van der Waals surface area contributed by atoms with E-state index in [4.69, 9.17) is 4.74 Å². The smallest absolute Gasteiger partial charge is 0.276 e. The lowest BCUT2D eigenvalue weighted by atomic mass is 10.0. The van der Waals surface area contributed by atoms with Crippen LogP contribution in [-0.2, 0) is 4.79 Å². The monoisotopic (exact) mass is 508 g/mol. The number of ether oxygens (including phenoxy) is 1. The second kappa shape index (κ2) is 9.74. The Morgan fingerprint density at radius 1 is 0.895 bits per heavy atom. The molecule has 3 N–H and O–H groups in total. The average molecular weight is 509 g/mol. The summed E-state index contributed by atoms with van der Waals surface area (Å²) in [4.78, 5) is 33.6. The van der Waals surface area contributed by atoms with Gasteiger partial charge in [-0.3, -0.25) is 19.7 Å². The highest BCUT2D eigenvalue weighted by molar-refractivity contribution is 6.11. The van der Waals surface area contributed by atoms with E-state index in [0.717, 1.165) is 24.0 Å². The standard InChI is InChI=1S/C28H21FN6O3/c29-19-4-7-22(8-5-19)38-25-10-6-20(15-31-25)32-28(37)26-23-12-17(3-9-24(23)34-35-26)18-11-21(14-30-13-18)33-27(36)16-1-2-16/h3-16H,1-2H2,(H,32,37)(H,33,36)(H,34,35). The van der Waals surface area contributed by atoms with Crippen molar-refractivity contribution < 1.29 is 18.7 Å². The lowest BCUT2D eigenvalue weighted by Gasteiger charge is -2.08. The Bertz CT molecular complexity index is 1650. The van der Waals surface area contributed by atoms with Crippen LogP contribution in [-0.4, -0.2) is 32.0 Å². The fraction of sp³-hybridized carbons (Fsp3) is 0.107. The number of H-pyrrole nitrogens is 1. The van der Waals surface area contributed by atoms with Crippen molar-refractivity contribution in [2.45, 2.75) is 12.8 Å². The Kier molecular flexibility index (Phi) is 5.97. The fourth-order valence-electron chi connectivity index (χ4n) is 3.95. The summed E-state index contributed by atoms with van der Waals surface area (Å²) in [5.74, 6) is 0.0810. The Balaban J connectivity index is 1.18. The van der Waals surface area contributed by atoms with E-state index in [1.807, 2.05) is 24.3 Å². The molecule has 3 aromatic heterocycles. The quantitative estimate of drug-likeness (QED) is 0.265. The first-order chi connectivity index (χ1) is 18.5. The van der Waals surface area contributed by atoms with Crippen molar-refractivity contribution in [3.63, 3.8) is 0 Å². The number of fused-ring (bicyclic) bond motifs is 1. The first-order valence-electron chi connectivity index (χ1n) is 12.0. The maximum absolute atomic E-state index is 13.1. The van der Waals surface area contributed by atoms with E-state index in [0.29, 0.717) is 33.9 Å². The van der Waals surface area contributed by atoms with Crippen molar-refractivity contribution in [1.29, 1.82) is 0 Å². The second-order valence-corrected chi connectivity index (χ2v) is 8.95. The predicted octanol–water partition coefficient (Wildman–Crippen LogP) is 5.55. The van der Waals surface area contributed by atoms with Crippen LogP contribution in [0.1, 0.15) is 23.3 Å². The van der Waals surface area contributed by atoms with Gasteiger partial charge in [0.1, 0.15) is 11.6 Å². The van der Waals surface area contributed by atoms with Crippen LogP contribution in [0.15, 0.2) is 79.3 Å². The number of carbonyl (C=O) groups excluding carboxylic acids is 2. The van der Waals surface area contributed by atoms with Gasteiger partial charge in [0.2, 0.25) is 11.8 Å². The van der Waals surface area contributed by atoms with Gasteiger partial charge in [0.15, 0.2) is 5.69 Å². The minimum atomic E-state index is -0.411. The van der Waals surface area contributed by atoms with Crippen molar-refractivity contribution in [2.24, 2.45) is 5.92 Å². The summed E-state index contributed by atoms with van der Waals surface area (Å²) >= 11 is 0. The third-order valence-electron chi connectivity index (χ3n) is 6.10. The molecule has 188 valence electrons. The molecule has 0 spiro atoms. The van der Waals surface area contributed by atoms with E-state index in [2.05, 4.69) is 30.8 Å². The molecule has 9 nitrogen and oxygen atoms in total. The van der Waals surface area contributed by atoms with Gasteiger partial charge >= 0.3 is 0 Å². The minimum absolute atomic E-state index is 0.0118. The van der Waals surface area contributed by atoms with E-state index in [9.17, 15) is 14.0 Å². The first kappa shape index (κ1) is 23.3. The molecular weight excluding hydrogens is 487 g/mol. The molecule has 0 bridgehead atoms. The maximum atomic E-state index is 13.1. The zero-order valence-corrected chi connectivity index (χ0v) is 19.9. The van der Waals surface area contributed by atoms with Gasteiger partial charge in [-0.1, -0.05) is 6.07 Å². The molecule has 0 aliphatic heterocycles. The van der Waals surface area contributed by atoms with E-state index < -0.39 is 5.91 Å². The van der Waals surface area contributed by atoms with Gasteiger partial charge in [-0.15, -0.1) is 0 Å². The molecule has 0 saturated heterocycles. The number of benzene rings is 2. The number of pyridine rings is 2. The number of hydrogen-bond donors (Lipinski definition) is 3. The van der Waals surface area contributed by atoms with Crippen molar-refractivity contribution in [1.82, 2.24) is 20.2 Å². The number of aromatic nitrogens is 4. The number of anilines is 2. The number of aromatic amines is 1. The number of nitrogens with one attached hydrogen (secondary N) is 3. The number of halogens is 1. The van der Waals surface area contributed by atoms with E-state index in [1.54, 1.807) is 24.5 Å². The van der Waals surface area contributed by atoms with Crippen LogP contribution in [0.5, 0.6) is 11.6 Å².